The molecule has 1 atom stereocenters. The Morgan fingerprint density at radius 1 is 1.48 bits per heavy atom. The van der Waals surface area contributed by atoms with Crippen LogP contribution in [0.3, 0.4) is 0 Å². The highest BCUT2D eigenvalue weighted by Crippen LogP contribution is 2.17. The second-order valence-electron chi connectivity index (χ2n) is 5.59. The molecule has 2 N–H and O–H groups in total. The summed E-state index contributed by atoms with van der Waals surface area (Å²) in [5.41, 5.74) is 6.69. The lowest BCUT2D eigenvalue weighted by Gasteiger charge is -2.27. The van der Waals surface area contributed by atoms with Crippen LogP contribution >= 0.6 is 0 Å². The lowest BCUT2D eigenvalue weighted by Crippen LogP contribution is -2.30. The van der Waals surface area contributed by atoms with Gasteiger partial charge in [0.05, 0.1) is 13.2 Å². The van der Waals surface area contributed by atoms with E-state index in [2.05, 4.69) is 16.7 Å². The Hall–Kier alpha value is -1.41. The number of benzene rings is 1. The molecule has 1 aliphatic heterocycles. The monoisotopic (exact) mass is 290 g/mol. The third-order valence-corrected chi connectivity index (χ3v) is 3.65. The fourth-order valence-electron chi connectivity index (χ4n) is 2.65. The van der Waals surface area contributed by atoms with Gasteiger partial charge in [0.2, 0.25) is 0 Å². The maximum Gasteiger partial charge on any atom is 0.128 e. The quantitative estimate of drug-likeness (QED) is 0.862. The number of hydrogen-bond acceptors (Lipinski definition) is 3. The average Bonchev–Trinajstić information content (AvgIpc) is 2.48. The van der Waals surface area contributed by atoms with Crippen LogP contribution in [0.5, 0.6) is 0 Å². The summed E-state index contributed by atoms with van der Waals surface area (Å²) in [4.78, 5) is 2.16. The molecule has 1 heterocycles. The van der Waals surface area contributed by atoms with Gasteiger partial charge in [-0.3, -0.25) is 0 Å². The predicted octanol–water partition coefficient (Wildman–Crippen LogP) is 1.99. The van der Waals surface area contributed by atoms with Crippen LogP contribution in [0, 0.1) is 23.6 Å². The summed E-state index contributed by atoms with van der Waals surface area (Å²) in [6.45, 7) is 3.53. The summed E-state index contributed by atoms with van der Waals surface area (Å²) in [6, 6.07) is 5.14. The highest BCUT2D eigenvalue weighted by molar-refractivity contribution is 5.37. The molecule has 114 valence electrons. The van der Waals surface area contributed by atoms with Gasteiger partial charge in [0, 0.05) is 30.8 Å². The molecule has 3 nitrogen and oxygen atoms in total. The van der Waals surface area contributed by atoms with Crippen molar-refractivity contribution in [2.24, 2.45) is 11.7 Å². The zero-order valence-corrected chi connectivity index (χ0v) is 12.6. The van der Waals surface area contributed by atoms with Gasteiger partial charge < -0.3 is 15.4 Å². The first-order valence-electron chi connectivity index (χ1n) is 7.42. The Kier molecular flexibility index (Phi) is 6.19. The molecule has 0 bridgehead atoms. The van der Waals surface area contributed by atoms with E-state index in [1.165, 1.54) is 12.5 Å². The van der Waals surface area contributed by atoms with Gasteiger partial charge in [-0.25, -0.2) is 4.39 Å². The molecule has 0 radical (unpaired) electrons. The summed E-state index contributed by atoms with van der Waals surface area (Å²) in [6.07, 6.45) is 2.32. The molecule has 0 amide bonds. The van der Waals surface area contributed by atoms with Crippen molar-refractivity contribution in [2.45, 2.75) is 19.4 Å². The van der Waals surface area contributed by atoms with E-state index in [1.807, 2.05) is 19.2 Å². The molecule has 1 fully saturated rings. The van der Waals surface area contributed by atoms with Gasteiger partial charge in [0.15, 0.2) is 0 Å². The largest absolute Gasteiger partial charge is 0.381 e. The average molecular weight is 290 g/mol. The number of hydrogen-bond donors (Lipinski definition) is 1. The Balaban J connectivity index is 1.92. The molecule has 0 spiro atoms. The molecular formula is C17H23FN2O. The lowest BCUT2D eigenvalue weighted by atomic mass is 10.0. The maximum absolute atomic E-state index is 14.1. The standard InChI is InChI=1S/C17H23FN2O/c1-20(11-15-5-3-9-21-13-15)12-16-7-6-14(4-2-8-19)10-17(16)18/h6-7,10,15H,3,5,8-9,11-13,19H2,1H3. The summed E-state index contributed by atoms with van der Waals surface area (Å²) in [5.74, 6) is 5.93. The molecular weight excluding hydrogens is 267 g/mol. The second-order valence-corrected chi connectivity index (χ2v) is 5.59. The van der Waals surface area contributed by atoms with E-state index in [0.29, 0.717) is 23.6 Å². The van der Waals surface area contributed by atoms with Crippen molar-refractivity contribution in [3.05, 3.63) is 35.1 Å². The van der Waals surface area contributed by atoms with Gasteiger partial charge in [-0.2, -0.15) is 0 Å². The zero-order chi connectivity index (χ0) is 15.1. The van der Waals surface area contributed by atoms with E-state index in [-0.39, 0.29) is 12.4 Å². The summed E-state index contributed by atoms with van der Waals surface area (Å²) < 4.78 is 19.5. The van der Waals surface area contributed by atoms with E-state index in [1.54, 1.807) is 0 Å². The molecule has 21 heavy (non-hydrogen) atoms. The van der Waals surface area contributed by atoms with E-state index in [4.69, 9.17) is 10.5 Å². The van der Waals surface area contributed by atoms with E-state index in [9.17, 15) is 4.39 Å². The first-order chi connectivity index (χ1) is 10.2. The van der Waals surface area contributed by atoms with Gasteiger partial charge >= 0.3 is 0 Å². The van der Waals surface area contributed by atoms with Crippen LogP contribution in [0.2, 0.25) is 0 Å². The first kappa shape index (κ1) is 16.0. The van der Waals surface area contributed by atoms with Crippen LogP contribution in [-0.4, -0.2) is 38.3 Å². The van der Waals surface area contributed by atoms with Crippen molar-refractivity contribution in [3.63, 3.8) is 0 Å². The van der Waals surface area contributed by atoms with Crippen molar-refractivity contribution in [1.82, 2.24) is 4.90 Å². The normalized spacial score (nSPS) is 18.4. The Morgan fingerprint density at radius 3 is 3.00 bits per heavy atom. The van der Waals surface area contributed by atoms with Crippen molar-refractivity contribution in [3.8, 4) is 11.8 Å². The van der Waals surface area contributed by atoms with Gasteiger partial charge in [-0.1, -0.05) is 17.9 Å². The molecule has 0 saturated carbocycles. The van der Waals surface area contributed by atoms with Crippen LogP contribution in [0.25, 0.3) is 0 Å². The molecule has 0 aliphatic carbocycles. The van der Waals surface area contributed by atoms with Gasteiger partial charge in [-0.15, -0.1) is 0 Å². The predicted molar refractivity (Wildman–Crippen MR) is 82.2 cm³/mol. The van der Waals surface area contributed by atoms with Gasteiger partial charge in [0.1, 0.15) is 5.82 Å². The topological polar surface area (TPSA) is 38.5 Å². The molecule has 1 aliphatic rings. The maximum atomic E-state index is 14.1. The van der Waals surface area contributed by atoms with E-state index in [0.717, 1.165) is 26.2 Å². The first-order valence-corrected chi connectivity index (χ1v) is 7.42. The third-order valence-electron chi connectivity index (χ3n) is 3.65. The van der Waals surface area contributed by atoms with Gasteiger partial charge in [-0.05, 0) is 37.9 Å². The summed E-state index contributed by atoms with van der Waals surface area (Å²) in [5, 5.41) is 0. The zero-order valence-electron chi connectivity index (χ0n) is 12.6. The number of rotatable bonds is 4. The second kappa shape index (κ2) is 8.14. The molecule has 2 rings (SSSR count). The lowest BCUT2D eigenvalue weighted by molar-refractivity contribution is 0.0410. The number of halogens is 1. The summed E-state index contributed by atoms with van der Waals surface area (Å²) in [7, 11) is 2.02. The van der Waals surface area contributed by atoms with Crippen molar-refractivity contribution in [1.29, 1.82) is 0 Å². The minimum Gasteiger partial charge on any atom is -0.381 e. The van der Waals surface area contributed by atoms with E-state index < -0.39 is 0 Å². The van der Waals surface area contributed by atoms with Crippen LogP contribution in [0.4, 0.5) is 4.39 Å². The minimum atomic E-state index is -0.203. The fourth-order valence-corrected chi connectivity index (χ4v) is 2.65. The fraction of sp³-hybridized carbons (Fsp3) is 0.529. The van der Waals surface area contributed by atoms with Gasteiger partial charge in [0.25, 0.3) is 0 Å². The van der Waals surface area contributed by atoms with E-state index >= 15 is 0 Å². The number of nitrogens with zero attached hydrogens (tertiary/aromatic N) is 1. The van der Waals surface area contributed by atoms with Crippen LogP contribution in [-0.2, 0) is 11.3 Å². The Labute approximate surface area is 126 Å². The summed E-state index contributed by atoms with van der Waals surface area (Å²) >= 11 is 0. The highest BCUT2D eigenvalue weighted by atomic mass is 19.1. The molecule has 0 aromatic heterocycles. The van der Waals surface area contributed by atoms with Crippen molar-refractivity contribution < 1.29 is 9.13 Å². The highest BCUT2D eigenvalue weighted by Gasteiger charge is 2.16. The molecule has 1 saturated heterocycles. The minimum absolute atomic E-state index is 0.203. The van der Waals surface area contributed by atoms with Crippen LogP contribution in [0.15, 0.2) is 18.2 Å². The third kappa shape index (κ3) is 5.13. The number of nitrogens with two attached hydrogens (primary N) is 1. The number of ether oxygens (including phenoxy) is 1. The molecule has 1 unspecified atom stereocenters. The Bertz CT molecular complexity index is 515. The SMILES string of the molecule is CN(Cc1ccc(C#CCN)cc1F)CC1CCCOC1. The smallest absolute Gasteiger partial charge is 0.128 e. The molecule has 1 aromatic rings. The van der Waals surface area contributed by atoms with Crippen molar-refractivity contribution in [2.75, 3.05) is 33.4 Å². The van der Waals surface area contributed by atoms with Crippen LogP contribution < -0.4 is 5.73 Å². The van der Waals surface area contributed by atoms with Crippen LogP contribution in [0.1, 0.15) is 24.0 Å². The molecule has 4 heteroatoms. The molecule has 1 aromatic carbocycles. The Morgan fingerprint density at radius 2 is 2.33 bits per heavy atom. The van der Waals surface area contributed by atoms with Crippen molar-refractivity contribution >= 4 is 0 Å².